The van der Waals surface area contributed by atoms with Crippen molar-refractivity contribution in [2.45, 2.75) is 51.7 Å². The molecule has 1 aliphatic rings. The number of hydrogen-bond acceptors (Lipinski definition) is 3. The van der Waals surface area contributed by atoms with Crippen LogP contribution in [0.25, 0.3) is 0 Å². The van der Waals surface area contributed by atoms with E-state index in [1.807, 2.05) is 20.1 Å². The molecule has 0 spiro atoms. The summed E-state index contributed by atoms with van der Waals surface area (Å²) < 4.78 is 11.0. The van der Waals surface area contributed by atoms with E-state index < -0.39 is 0 Å². The predicted molar refractivity (Wildman–Crippen MR) is 79.0 cm³/mol. The molecule has 3 nitrogen and oxygen atoms in total. The number of rotatable bonds is 5. The van der Waals surface area contributed by atoms with Gasteiger partial charge in [-0.1, -0.05) is 0 Å². The van der Waals surface area contributed by atoms with Crippen LogP contribution in [0.2, 0.25) is 0 Å². The Morgan fingerprint density at radius 2 is 2.16 bits per heavy atom. The lowest BCUT2D eigenvalue weighted by Crippen LogP contribution is -2.31. The van der Waals surface area contributed by atoms with Crippen molar-refractivity contribution in [3.8, 4) is 5.75 Å². The van der Waals surface area contributed by atoms with E-state index in [9.17, 15) is 0 Å². The topological polar surface area (TPSA) is 30.5 Å². The number of hydrogen-bond donors (Lipinski definition) is 1. The van der Waals surface area contributed by atoms with Crippen LogP contribution < -0.4 is 10.1 Å². The van der Waals surface area contributed by atoms with Crippen LogP contribution in [0.1, 0.15) is 38.2 Å². The first-order valence-corrected chi connectivity index (χ1v) is 7.25. The Kier molecular flexibility index (Phi) is 5.08. The minimum Gasteiger partial charge on any atom is -0.494 e. The third-order valence-electron chi connectivity index (χ3n) is 3.83. The number of benzene rings is 1. The molecule has 106 valence electrons. The van der Waals surface area contributed by atoms with Gasteiger partial charge in [-0.2, -0.15) is 0 Å². The van der Waals surface area contributed by atoms with Crippen LogP contribution in [0, 0.1) is 6.92 Å². The summed E-state index contributed by atoms with van der Waals surface area (Å²) in [4.78, 5) is 0. The van der Waals surface area contributed by atoms with Gasteiger partial charge in [0.1, 0.15) is 5.75 Å². The molecule has 1 N–H and O–H groups in total. The van der Waals surface area contributed by atoms with E-state index >= 15 is 0 Å². The second-order valence-electron chi connectivity index (χ2n) is 5.28. The lowest BCUT2D eigenvalue weighted by molar-refractivity contribution is 0.0669. The number of aryl methyl sites for hydroxylation is 1. The van der Waals surface area contributed by atoms with Crippen LogP contribution in [0.15, 0.2) is 18.2 Å². The van der Waals surface area contributed by atoms with Crippen LogP contribution in [0.3, 0.4) is 0 Å². The van der Waals surface area contributed by atoms with Gasteiger partial charge in [-0.25, -0.2) is 0 Å². The molecule has 1 aromatic rings. The average Bonchev–Trinajstić information content (AvgIpc) is 2.42. The van der Waals surface area contributed by atoms with Gasteiger partial charge in [0, 0.05) is 18.8 Å². The Morgan fingerprint density at radius 1 is 1.32 bits per heavy atom. The molecule has 0 saturated heterocycles. The smallest absolute Gasteiger partial charge is 0.119 e. The normalized spacial score (nSPS) is 23.1. The molecular weight excluding hydrogens is 238 g/mol. The van der Waals surface area contributed by atoms with Crippen LogP contribution in [0.5, 0.6) is 5.75 Å². The second kappa shape index (κ2) is 6.80. The largest absolute Gasteiger partial charge is 0.494 e. The van der Waals surface area contributed by atoms with E-state index in [1.165, 1.54) is 30.5 Å². The molecule has 1 fully saturated rings. The van der Waals surface area contributed by atoms with Crippen molar-refractivity contribution in [2.24, 2.45) is 0 Å². The van der Waals surface area contributed by atoms with Crippen molar-refractivity contribution in [3.63, 3.8) is 0 Å². The van der Waals surface area contributed by atoms with Gasteiger partial charge in [0.2, 0.25) is 0 Å². The molecule has 3 heteroatoms. The van der Waals surface area contributed by atoms with E-state index in [0.717, 1.165) is 12.2 Å². The van der Waals surface area contributed by atoms with E-state index in [2.05, 4.69) is 24.4 Å². The third kappa shape index (κ3) is 3.87. The fraction of sp³-hybridized carbons (Fsp3) is 0.625. The Balaban J connectivity index is 1.98. The number of methoxy groups -OCH3 is 1. The highest BCUT2D eigenvalue weighted by atomic mass is 16.5. The Morgan fingerprint density at radius 3 is 2.84 bits per heavy atom. The zero-order valence-electron chi connectivity index (χ0n) is 12.2. The number of ether oxygens (including phenoxy) is 2. The van der Waals surface area contributed by atoms with Gasteiger partial charge in [0.25, 0.3) is 0 Å². The first-order chi connectivity index (χ1) is 9.22. The molecule has 0 aromatic heterocycles. The molecule has 0 radical (unpaired) electrons. The molecule has 2 unspecified atom stereocenters. The maximum Gasteiger partial charge on any atom is 0.119 e. The van der Waals surface area contributed by atoms with Gasteiger partial charge < -0.3 is 14.8 Å². The van der Waals surface area contributed by atoms with E-state index in [1.54, 1.807) is 0 Å². The van der Waals surface area contributed by atoms with E-state index in [4.69, 9.17) is 9.47 Å². The van der Waals surface area contributed by atoms with Gasteiger partial charge in [-0.3, -0.25) is 0 Å². The molecular formula is C16H25NO2. The molecule has 0 aliphatic heterocycles. The predicted octanol–water partition coefficient (Wildman–Crippen LogP) is 3.76. The van der Waals surface area contributed by atoms with Gasteiger partial charge in [-0.15, -0.1) is 0 Å². The number of anilines is 1. The van der Waals surface area contributed by atoms with Crippen molar-refractivity contribution in [2.75, 3.05) is 19.0 Å². The fourth-order valence-corrected chi connectivity index (χ4v) is 2.76. The van der Waals surface area contributed by atoms with Crippen molar-refractivity contribution >= 4 is 5.69 Å². The molecule has 0 amide bonds. The van der Waals surface area contributed by atoms with Crippen LogP contribution in [-0.2, 0) is 4.74 Å². The molecule has 2 atom stereocenters. The minimum absolute atomic E-state index is 0.411. The molecule has 0 heterocycles. The zero-order valence-corrected chi connectivity index (χ0v) is 12.2. The van der Waals surface area contributed by atoms with Gasteiger partial charge >= 0.3 is 0 Å². The number of nitrogens with one attached hydrogen (secondary N) is 1. The Labute approximate surface area is 116 Å². The highest BCUT2D eigenvalue weighted by Crippen LogP contribution is 2.27. The summed E-state index contributed by atoms with van der Waals surface area (Å²) in [5.41, 5.74) is 2.45. The summed E-state index contributed by atoms with van der Waals surface area (Å²) in [7, 11) is 1.81. The quantitative estimate of drug-likeness (QED) is 0.877. The summed E-state index contributed by atoms with van der Waals surface area (Å²) in [6, 6.07) is 6.78. The van der Waals surface area contributed by atoms with Crippen LogP contribution >= 0.6 is 0 Å². The molecule has 2 rings (SSSR count). The van der Waals surface area contributed by atoms with Crippen molar-refractivity contribution in [1.82, 2.24) is 0 Å². The monoisotopic (exact) mass is 263 g/mol. The summed E-state index contributed by atoms with van der Waals surface area (Å²) >= 11 is 0. The molecule has 1 aliphatic carbocycles. The molecule has 1 aromatic carbocycles. The SMILES string of the molecule is CCOc1ccc(NC2CCCC(OC)C2)c(C)c1. The van der Waals surface area contributed by atoms with Crippen molar-refractivity contribution in [1.29, 1.82) is 0 Å². The fourth-order valence-electron chi connectivity index (χ4n) is 2.76. The Bertz CT molecular complexity index is 406. The van der Waals surface area contributed by atoms with E-state index in [-0.39, 0.29) is 0 Å². The highest BCUT2D eigenvalue weighted by molar-refractivity contribution is 5.54. The first kappa shape index (κ1) is 14.2. The zero-order chi connectivity index (χ0) is 13.7. The summed E-state index contributed by atoms with van der Waals surface area (Å²) in [5, 5.41) is 3.65. The summed E-state index contributed by atoms with van der Waals surface area (Å²) in [5.74, 6) is 0.948. The second-order valence-corrected chi connectivity index (χ2v) is 5.28. The van der Waals surface area contributed by atoms with Gasteiger partial charge in [0.15, 0.2) is 0 Å². The molecule has 1 saturated carbocycles. The minimum atomic E-state index is 0.411. The molecule has 0 bridgehead atoms. The third-order valence-corrected chi connectivity index (χ3v) is 3.83. The first-order valence-electron chi connectivity index (χ1n) is 7.25. The van der Waals surface area contributed by atoms with Crippen molar-refractivity contribution in [3.05, 3.63) is 23.8 Å². The standard InChI is InChI=1S/C16H25NO2/c1-4-19-15-8-9-16(12(2)10-15)17-13-6-5-7-14(11-13)18-3/h8-10,13-14,17H,4-7,11H2,1-3H3. The van der Waals surface area contributed by atoms with Crippen LogP contribution in [-0.4, -0.2) is 25.9 Å². The lowest BCUT2D eigenvalue weighted by Gasteiger charge is -2.30. The van der Waals surface area contributed by atoms with Crippen LogP contribution in [0.4, 0.5) is 5.69 Å². The maximum absolute atomic E-state index is 5.52. The highest BCUT2D eigenvalue weighted by Gasteiger charge is 2.21. The average molecular weight is 263 g/mol. The van der Waals surface area contributed by atoms with Gasteiger partial charge in [0.05, 0.1) is 12.7 Å². The van der Waals surface area contributed by atoms with E-state index in [0.29, 0.717) is 18.8 Å². The van der Waals surface area contributed by atoms with Gasteiger partial charge in [-0.05, 0) is 63.3 Å². The maximum atomic E-state index is 5.52. The summed E-state index contributed by atoms with van der Waals surface area (Å²) in [6.07, 6.45) is 5.17. The molecule has 19 heavy (non-hydrogen) atoms. The van der Waals surface area contributed by atoms with Crippen molar-refractivity contribution < 1.29 is 9.47 Å². The lowest BCUT2D eigenvalue weighted by atomic mass is 9.92. The summed E-state index contributed by atoms with van der Waals surface area (Å²) in [6.45, 7) is 4.85. The Hall–Kier alpha value is -1.22.